The molecule has 4 unspecified atom stereocenters. The van der Waals surface area contributed by atoms with Gasteiger partial charge in [0.2, 0.25) is 0 Å². The zero-order valence-electron chi connectivity index (χ0n) is 16.7. The lowest BCUT2D eigenvalue weighted by Crippen LogP contribution is -2.37. The highest BCUT2D eigenvalue weighted by atomic mass is 16.5. The number of carbonyl (C=O) groups is 1. The Morgan fingerprint density at radius 1 is 1.18 bits per heavy atom. The van der Waals surface area contributed by atoms with Gasteiger partial charge in [-0.3, -0.25) is 5.43 Å². The number of carbonyl (C=O) groups excluding carboxylic acids is 1. The Kier molecular flexibility index (Phi) is 6.04. The minimum atomic E-state index is -0.397. The fraction of sp³-hybridized carbons (Fsp3) is 0.667. The third-order valence-corrected chi connectivity index (χ3v) is 5.74. The van der Waals surface area contributed by atoms with Crippen LogP contribution in [-0.2, 0) is 16.1 Å². The molecule has 4 bridgehead atoms. The van der Waals surface area contributed by atoms with Crippen LogP contribution in [0.1, 0.15) is 56.7 Å². The maximum atomic E-state index is 12.0. The van der Waals surface area contributed by atoms with Crippen LogP contribution >= 0.6 is 0 Å². The quantitative estimate of drug-likeness (QED) is 0.722. The minimum absolute atomic E-state index is 0.0799. The lowest BCUT2D eigenvalue weighted by Gasteiger charge is -2.33. The van der Waals surface area contributed by atoms with E-state index in [0.717, 1.165) is 42.6 Å². The number of hydrazine groups is 1. The van der Waals surface area contributed by atoms with Crippen molar-refractivity contribution >= 4 is 6.09 Å². The second kappa shape index (κ2) is 8.68. The standard InChI is InChI=1S/C21H31N3O4/c1-13(2)28-17-9-14-8-15(10-17)20-18-11-16(4-5-19(18)23-24-20)26-7-3-6-22-21(25)27-12-14/h8-10,13,16,18-20,23-24H,3-7,11-12H2,1-2H3,(H,22,25). The van der Waals surface area contributed by atoms with Gasteiger partial charge in [0.1, 0.15) is 12.4 Å². The van der Waals surface area contributed by atoms with Crippen molar-refractivity contribution in [2.75, 3.05) is 13.2 Å². The molecule has 1 aromatic rings. The summed E-state index contributed by atoms with van der Waals surface area (Å²) in [6.07, 6.45) is 3.95. The molecule has 1 aliphatic carbocycles. The zero-order chi connectivity index (χ0) is 19.5. The van der Waals surface area contributed by atoms with E-state index in [9.17, 15) is 4.79 Å². The topological polar surface area (TPSA) is 80.9 Å². The molecule has 1 saturated heterocycles. The first kappa shape index (κ1) is 19.5. The Labute approximate surface area is 166 Å². The SMILES string of the molecule is CC(C)Oc1cc2cc(c1)C1NNC3CCC(CC31)OCCCNC(=O)OC2. The van der Waals surface area contributed by atoms with E-state index >= 15 is 0 Å². The largest absolute Gasteiger partial charge is 0.491 e. The Morgan fingerprint density at radius 2 is 2.07 bits per heavy atom. The average Bonchev–Trinajstić information content (AvgIpc) is 3.08. The number of nitrogens with one attached hydrogen (secondary N) is 3. The highest BCUT2D eigenvalue weighted by Gasteiger charge is 2.41. The summed E-state index contributed by atoms with van der Waals surface area (Å²) in [7, 11) is 0. The Morgan fingerprint density at radius 3 is 2.93 bits per heavy atom. The van der Waals surface area contributed by atoms with Gasteiger partial charge >= 0.3 is 6.09 Å². The van der Waals surface area contributed by atoms with Gasteiger partial charge < -0.3 is 19.5 Å². The van der Waals surface area contributed by atoms with Crippen molar-refractivity contribution in [1.29, 1.82) is 0 Å². The van der Waals surface area contributed by atoms with Gasteiger partial charge in [0, 0.05) is 19.2 Å². The average molecular weight is 389 g/mol. The molecule has 3 aliphatic rings. The predicted molar refractivity (Wildman–Crippen MR) is 105 cm³/mol. The molecular formula is C21H31N3O4. The molecule has 2 aliphatic heterocycles. The van der Waals surface area contributed by atoms with Crippen LogP contribution in [0, 0.1) is 5.92 Å². The first-order valence-corrected chi connectivity index (χ1v) is 10.4. The number of hydrogen-bond acceptors (Lipinski definition) is 6. The summed E-state index contributed by atoms with van der Waals surface area (Å²) in [6, 6.07) is 6.82. The number of amides is 1. The van der Waals surface area contributed by atoms with E-state index in [0.29, 0.717) is 25.1 Å². The number of cyclic esters (lactones) is 1. The van der Waals surface area contributed by atoms with E-state index in [2.05, 4.69) is 28.3 Å². The van der Waals surface area contributed by atoms with E-state index in [1.165, 1.54) is 0 Å². The summed E-state index contributed by atoms with van der Waals surface area (Å²) < 4.78 is 17.5. The van der Waals surface area contributed by atoms with Gasteiger partial charge in [-0.1, -0.05) is 6.07 Å². The fourth-order valence-electron chi connectivity index (χ4n) is 4.50. The van der Waals surface area contributed by atoms with Crippen LogP contribution in [0.25, 0.3) is 0 Å². The number of ether oxygens (including phenoxy) is 3. The second-order valence-corrected chi connectivity index (χ2v) is 8.28. The molecule has 1 saturated carbocycles. The smallest absolute Gasteiger partial charge is 0.407 e. The molecule has 0 radical (unpaired) electrons. The molecule has 0 spiro atoms. The molecule has 7 nitrogen and oxygen atoms in total. The van der Waals surface area contributed by atoms with Gasteiger partial charge in [-0.2, -0.15) is 0 Å². The van der Waals surface area contributed by atoms with Crippen molar-refractivity contribution in [3.63, 3.8) is 0 Å². The monoisotopic (exact) mass is 389 g/mol. The zero-order valence-corrected chi connectivity index (χ0v) is 16.7. The molecule has 0 aromatic heterocycles. The predicted octanol–water partition coefficient (Wildman–Crippen LogP) is 2.81. The van der Waals surface area contributed by atoms with Crippen LogP contribution in [-0.4, -0.2) is 37.5 Å². The van der Waals surface area contributed by atoms with Crippen LogP contribution in [0.3, 0.4) is 0 Å². The Balaban J connectivity index is 1.63. The lowest BCUT2D eigenvalue weighted by molar-refractivity contribution is 0.00715. The normalized spacial score (nSPS) is 30.8. The van der Waals surface area contributed by atoms with Crippen molar-refractivity contribution in [2.24, 2.45) is 5.92 Å². The van der Waals surface area contributed by atoms with Gasteiger partial charge in [0.05, 0.1) is 18.2 Å². The minimum Gasteiger partial charge on any atom is -0.491 e. The summed E-state index contributed by atoms with van der Waals surface area (Å²) in [5.41, 5.74) is 9.08. The molecule has 28 heavy (non-hydrogen) atoms. The maximum Gasteiger partial charge on any atom is 0.407 e. The Hall–Kier alpha value is -1.83. The van der Waals surface area contributed by atoms with E-state index in [-0.39, 0.29) is 24.9 Å². The Bertz CT molecular complexity index is 696. The third kappa shape index (κ3) is 4.59. The van der Waals surface area contributed by atoms with Gasteiger partial charge in [-0.25, -0.2) is 10.2 Å². The molecule has 3 N–H and O–H groups in total. The van der Waals surface area contributed by atoms with Gasteiger partial charge in [-0.15, -0.1) is 0 Å². The van der Waals surface area contributed by atoms with E-state index in [4.69, 9.17) is 14.2 Å². The number of rotatable bonds is 2. The lowest BCUT2D eigenvalue weighted by atomic mass is 9.78. The van der Waals surface area contributed by atoms with Crippen molar-refractivity contribution in [3.8, 4) is 5.75 Å². The van der Waals surface area contributed by atoms with Crippen LogP contribution in [0.2, 0.25) is 0 Å². The van der Waals surface area contributed by atoms with Crippen molar-refractivity contribution in [3.05, 3.63) is 29.3 Å². The molecule has 1 amide bonds. The molecule has 7 heteroatoms. The van der Waals surface area contributed by atoms with Gasteiger partial charge in [0.25, 0.3) is 0 Å². The molecule has 4 rings (SSSR count). The molecule has 154 valence electrons. The maximum absolute atomic E-state index is 12.0. The summed E-state index contributed by atoms with van der Waals surface area (Å²) in [4.78, 5) is 12.0. The number of alkyl carbamates (subject to hydrolysis) is 1. The molecular weight excluding hydrogens is 358 g/mol. The van der Waals surface area contributed by atoms with E-state index < -0.39 is 6.09 Å². The van der Waals surface area contributed by atoms with Crippen LogP contribution < -0.4 is 20.9 Å². The first-order valence-electron chi connectivity index (χ1n) is 10.4. The molecule has 1 aromatic carbocycles. The van der Waals surface area contributed by atoms with Crippen LogP contribution in [0.4, 0.5) is 4.79 Å². The molecule has 2 fully saturated rings. The van der Waals surface area contributed by atoms with Crippen molar-refractivity contribution < 1.29 is 19.0 Å². The first-order chi connectivity index (χ1) is 13.6. The summed E-state index contributed by atoms with van der Waals surface area (Å²) in [6.45, 7) is 5.47. The summed E-state index contributed by atoms with van der Waals surface area (Å²) >= 11 is 0. The molecule has 4 atom stereocenters. The molecule has 2 heterocycles. The van der Waals surface area contributed by atoms with E-state index in [1.54, 1.807) is 0 Å². The number of hydrogen-bond donors (Lipinski definition) is 3. The second-order valence-electron chi connectivity index (χ2n) is 8.28. The van der Waals surface area contributed by atoms with Crippen molar-refractivity contribution in [2.45, 2.75) is 70.4 Å². The van der Waals surface area contributed by atoms with Gasteiger partial charge in [-0.05, 0) is 68.7 Å². The summed E-state index contributed by atoms with van der Waals surface area (Å²) in [5.74, 6) is 1.27. The van der Waals surface area contributed by atoms with Gasteiger partial charge in [0.15, 0.2) is 0 Å². The van der Waals surface area contributed by atoms with Crippen LogP contribution in [0.5, 0.6) is 5.75 Å². The van der Waals surface area contributed by atoms with E-state index in [1.807, 2.05) is 19.9 Å². The highest BCUT2D eigenvalue weighted by Crippen LogP contribution is 2.40. The highest BCUT2D eigenvalue weighted by molar-refractivity contribution is 5.67. The third-order valence-electron chi connectivity index (χ3n) is 5.74. The number of fused-ring (bicyclic) bond motifs is 4. The van der Waals surface area contributed by atoms with Crippen LogP contribution in [0.15, 0.2) is 18.2 Å². The number of benzene rings is 1. The van der Waals surface area contributed by atoms with Crippen molar-refractivity contribution in [1.82, 2.24) is 16.2 Å². The summed E-state index contributed by atoms with van der Waals surface area (Å²) in [5, 5.41) is 2.79. The fourth-order valence-corrected chi connectivity index (χ4v) is 4.50.